The molecule has 7 nitrogen and oxygen atoms in total. The second kappa shape index (κ2) is 7.47. The molecule has 0 atom stereocenters. The molecule has 4 rings (SSSR count). The van der Waals surface area contributed by atoms with E-state index in [2.05, 4.69) is 41.0 Å². The minimum absolute atomic E-state index is 0.00893. The lowest BCUT2D eigenvalue weighted by atomic mass is 9.92. The highest BCUT2D eigenvalue weighted by molar-refractivity contribution is 5.36. The molecule has 0 spiro atoms. The van der Waals surface area contributed by atoms with Crippen LogP contribution in [0.1, 0.15) is 45.1 Å². The lowest BCUT2D eigenvalue weighted by molar-refractivity contribution is 0.159. The Kier molecular flexibility index (Phi) is 5.02. The highest BCUT2D eigenvalue weighted by Gasteiger charge is 2.23. The van der Waals surface area contributed by atoms with Crippen molar-refractivity contribution in [3.8, 4) is 0 Å². The Bertz CT molecular complexity index is 1010. The SMILES string of the molecule is CC(C)(C)c1ccc(=O)n(CC2CCN(Cc3nnc4ccccn34)CC2)n1. The molecule has 3 aromatic heterocycles. The van der Waals surface area contributed by atoms with Gasteiger partial charge in [0.15, 0.2) is 11.5 Å². The lowest BCUT2D eigenvalue weighted by Crippen LogP contribution is -2.37. The van der Waals surface area contributed by atoms with Crippen LogP contribution in [0.4, 0.5) is 0 Å². The number of piperidine rings is 1. The molecule has 0 bridgehead atoms. The summed E-state index contributed by atoms with van der Waals surface area (Å²) in [6, 6.07) is 9.45. The minimum atomic E-state index is -0.0557. The average molecular weight is 380 g/mol. The number of aromatic nitrogens is 5. The summed E-state index contributed by atoms with van der Waals surface area (Å²) in [6.07, 6.45) is 4.13. The van der Waals surface area contributed by atoms with Gasteiger partial charge in [0, 0.05) is 24.2 Å². The van der Waals surface area contributed by atoms with Gasteiger partial charge in [-0.15, -0.1) is 10.2 Å². The normalized spacial score (nSPS) is 16.7. The molecule has 3 aromatic rings. The van der Waals surface area contributed by atoms with Crippen molar-refractivity contribution in [2.45, 2.75) is 52.1 Å². The average Bonchev–Trinajstić information content (AvgIpc) is 3.07. The molecule has 4 heterocycles. The van der Waals surface area contributed by atoms with E-state index in [9.17, 15) is 4.79 Å². The highest BCUT2D eigenvalue weighted by Crippen LogP contribution is 2.21. The molecule has 0 saturated carbocycles. The summed E-state index contributed by atoms with van der Waals surface area (Å²) in [7, 11) is 0. The van der Waals surface area contributed by atoms with Gasteiger partial charge >= 0.3 is 0 Å². The standard InChI is InChI=1S/C21H28N6O/c1-21(2,3)17-7-8-20(28)27(24-17)14-16-9-12-25(13-10-16)15-19-23-22-18-6-4-5-11-26(18)19/h4-8,11,16H,9-10,12-15H2,1-3H3. The molecule has 1 aliphatic rings. The van der Waals surface area contributed by atoms with E-state index in [1.54, 1.807) is 10.7 Å². The third kappa shape index (κ3) is 3.99. The molecule has 148 valence electrons. The van der Waals surface area contributed by atoms with Crippen LogP contribution >= 0.6 is 0 Å². The van der Waals surface area contributed by atoms with Crippen molar-refractivity contribution in [1.29, 1.82) is 0 Å². The van der Waals surface area contributed by atoms with E-state index in [0.717, 1.165) is 49.6 Å². The van der Waals surface area contributed by atoms with Gasteiger partial charge < -0.3 is 0 Å². The first-order valence-corrected chi connectivity index (χ1v) is 10.00. The second-order valence-electron chi connectivity index (χ2n) is 8.75. The van der Waals surface area contributed by atoms with Gasteiger partial charge in [-0.25, -0.2) is 4.68 Å². The van der Waals surface area contributed by atoms with Crippen molar-refractivity contribution < 1.29 is 0 Å². The quantitative estimate of drug-likeness (QED) is 0.696. The van der Waals surface area contributed by atoms with Crippen LogP contribution in [-0.4, -0.2) is 42.4 Å². The molecule has 1 aliphatic heterocycles. The maximum absolute atomic E-state index is 12.2. The van der Waals surface area contributed by atoms with Crippen molar-refractivity contribution in [3.05, 3.63) is 58.4 Å². The van der Waals surface area contributed by atoms with Crippen molar-refractivity contribution in [1.82, 2.24) is 29.3 Å². The Balaban J connectivity index is 1.38. The molecule has 7 heteroatoms. The van der Waals surface area contributed by atoms with Crippen molar-refractivity contribution in [3.63, 3.8) is 0 Å². The maximum atomic E-state index is 12.2. The van der Waals surface area contributed by atoms with Crippen molar-refractivity contribution >= 4 is 5.65 Å². The zero-order valence-electron chi connectivity index (χ0n) is 16.9. The number of rotatable bonds is 4. The molecule has 0 aromatic carbocycles. The first-order chi connectivity index (χ1) is 13.4. The molecule has 0 radical (unpaired) electrons. The number of nitrogens with zero attached hydrogens (tertiary/aromatic N) is 6. The number of hydrogen-bond acceptors (Lipinski definition) is 5. The predicted octanol–water partition coefficient (Wildman–Crippen LogP) is 2.50. The molecule has 0 aliphatic carbocycles. The van der Waals surface area contributed by atoms with Crippen LogP contribution < -0.4 is 5.56 Å². The second-order valence-corrected chi connectivity index (χ2v) is 8.75. The van der Waals surface area contributed by atoms with Gasteiger partial charge in [0.2, 0.25) is 0 Å². The van der Waals surface area contributed by atoms with Crippen LogP contribution in [0, 0.1) is 5.92 Å². The molecule has 0 N–H and O–H groups in total. The molecular formula is C21H28N6O. The van der Waals surface area contributed by atoms with Gasteiger partial charge in [0.1, 0.15) is 0 Å². The Morgan fingerprint density at radius 3 is 2.61 bits per heavy atom. The Morgan fingerprint density at radius 1 is 1.07 bits per heavy atom. The van der Waals surface area contributed by atoms with Crippen molar-refractivity contribution in [2.75, 3.05) is 13.1 Å². The molecule has 1 saturated heterocycles. The number of pyridine rings is 1. The van der Waals surface area contributed by atoms with E-state index >= 15 is 0 Å². The first kappa shape index (κ1) is 18.8. The van der Waals surface area contributed by atoms with E-state index in [0.29, 0.717) is 12.5 Å². The van der Waals surface area contributed by atoms with E-state index in [1.165, 1.54) is 0 Å². The molecule has 0 unspecified atom stereocenters. The van der Waals surface area contributed by atoms with E-state index in [1.807, 2.05) is 34.9 Å². The topological polar surface area (TPSA) is 68.3 Å². The van der Waals surface area contributed by atoms with E-state index < -0.39 is 0 Å². The number of hydrogen-bond donors (Lipinski definition) is 0. The molecule has 1 fully saturated rings. The highest BCUT2D eigenvalue weighted by atomic mass is 16.1. The number of likely N-dealkylation sites (tertiary alicyclic amines) is 1. The van der Waals surface area contributed by atoms with Gasteiger partial charge in [0.05, 0.1) is 12.2 Å². The fourth-order valence-corrected chi connectivity index (χ4v) is 3.75. The van der Waals surface area contributed by atoms with Gasteiger partial charge in [-0.2, -0.15) is 5.10 Å². The summed E-state index contributed by atoms with van der Waals surface area (Å²) in [5.74, 6) is 1.46. The zero-order valence-corrected chi connectivity index (χ0v) is 16.9. The Hall–Kier alpha value is -2.54. The van der Waals surface area contributed by atoms with E-state index in [4.69, 9.17) is 0 Å². The Morgan fingerprint density at radius 2 is 1.86 bits per heavy atom. The van der Waals surface area contributed by atoms with Gasteiger partial charge in [0.25, 0.3) is 5.56 Å². The molecular weight excluding hydrogens is 352 g/mol. The third-order valence-corrected chi connectivity index (χ3v) is 5.52. The smallest absolute Gasteiger partial charge is 0.266 e. The third-order valence-electron chi connectivity index (χ3n) is 5.52. The summed E-state index contributed by atoms with van der Waals surface area (Å²) < 4.78 is 3.71. The zero-order chi connectivity index (χ0) is 19.7. The minimum Gasteiger partial charge on any atom is -0.296 e. The monoisotopic (exact) mass is 380 g/mol. The lowest BCUT2D eigenvalue weighted by Gasteiger charge is -2.31. The van der Waals surface area contributed by atoms with Gasteiger partial charge in [-0.3, -0.25) is 14.1 Å². The van der Waals surface area contributed by atoms with Crippen molar-refractivity contribution in [2.24, 2.45) is 5.92 Å². The Labute approximate surface area is 165 Å². The summed E-state index contributed by atoms with van der Waals surface area (Å²) in [5, 5.41) is 13.2. The van der Waals surface area contributed by atoms with Gasteiger partial charge in [-0.05, 0) is 50.0 Å². The summed E-state index contributed by atoms with van der Waals surface area (Å²) in [4.78, 5) is 14.7. The van der Waals surface area contributed by atoms with Gasteiger partial charge in [-0.1, -0.05) is 26.8 Å². The van der Waals surface area contributed by atoms with Crippen LogP contribution in [0.5, 0.6) is 0 Å². The summed E-state index contributed by atoms with van der Waals surface area (Å²) >= 11 is 0. The van der Waals surface area contributed by atoms with Crippen LogP contribution in [0.15, 0.2) is 41.3 Å². The van der Waals surface area contributed by atoms with Crippen LogP contribution in [-0.2, 0) is 18.5 Å². The first-order valence-electron chi connectivity index (χ1n) is 10.00. The fraction of sp³-hybridized carbons (Fsp3) is 0.524. The van der Waals surface area contributed by atoms with E-state index in [-0.39, 0.29) is 11.0 Å². The maximum Gasteiger partial charge on any atom is 0.266 e. The molecule has 28 heavy (non-hydrogen) atoms. The summed E-state index contributed by atoms with van der Waals surface area (Å²) in [5.41, 5.74) is 1.78. The van der Waals surface area contributed by atoms with Crippen LogP contribution in [0.25, 0.3) is 5.65 Å². The fourth-order valence-electron chi connectivity index (χ4n) is 3.75. The number of fused-ring (bicyclic) bond motifs is 1. The predicted molar refractivity (Wildman–Crippen MR) is 108 cm³/mol. The van der Waals surface area contributed by atoms with Crippen LogP contribution in [0.2, 0.25) is 0 Å². The largest absolute Gasteiger partial charge is 0.296 e. The van der Waals surface area contributed by atoms with Crippen LogP contribution in [0.3, 0.4) is 0 Å². The molecule has 0 amide bonds. The summed E-state index contributed by atoms with van der Waals surface area (Å²) in [6.45, 7) is 9.87.